The van der Waals surface area contributed by atoms with Gasteiger partial charge in [-0.15, -0.1) is 24.0 Å². The number of halogens is 2. The van der Waals surface area contributed by atoms with Crippen molar-refractivity contribution in [3.63, 3.8) is 0 Å². The molecule has 1 aromatic carbocycles. The van der Waals surface area contributed by atoms with Crippen molar-refractivity contribution in [1.82, 2.24) is 15.5 Å². The average molecular weight is 555 g/mol. The van der Waals surface area contributed by atoms with Crippen molar-refractivity contribution in [2.24, 2.45) is 28.7 Å². The maximum Gasteiger partial charge on any atom is 0.246 e. The van der Waals surface area contributed by atoms with Crippen molar-refractivity contribution in [1.29, 1.82) is 0 Å². The molecule has 1 saturated heterocycles. The van der Waals surface area contributed by atoms with E-state index >= 15 is 0 Å². The van der Waals surface area contributed by atoms with Crippen molar-refractivity contribution in [2.45, 2.75) is 13.3 Å². The largest absolute Gasteiger partial charge is 0.357 e. The Bertz CT molecular complexity index is 906. The summed E-state index contributed by atoms with van der Waals surface area (Å²) in [5.41, 5.74) is 0.486. The molecular formula is C22H27FIN5O3. The average Bonchev–Trinajstić information content (AvgIpc) is 3.43. The summed E-state index contributed by atoms with van der Waals surface area (Å²) in [7, 11) is 0. The lowest BCUT2D eigenvalue weighted by atomic mass is 9.85. The number of aliphatic imine (C=N–C) groups is 1. The maximum absolute atomic E-state index is 12.9. The van der Waals surface area contributed by atoms with E-state index in [4.69, 9.17) is 0 Å². The molecular weight excluding hydrogens is 528 g/mol. The van der Waals surface area contributed by atoms with Crippen LogP contribution in [0.15, 0.2) is 41.4 Å². The van der Waals surface area contributed by atoms with Crippen molar-refractivity contribution in [3.8, 4) is 0 Å². The van der Waals surface area contributed by atoms with Crippen LogP contribution in [-0.4, -0.2) is 54.8 Å². The van der Waals surface area contributed by atoms with Crippen LogP contribution < -0.4 is 16.0 Å². The van der Waals surface area contributed by atoms with Gasteiger partial charge in [-0.05, 0) is 49.4 Å². The van der Waals surface area contributed by atoms with E-state index in [2.05, 4.69) is 33.1 Å². The number of hydrogen-bond acceptors (Lipinski definition) is 4. The Morgan fingerprint density at radius 1 is 1.09 bits per heavy atom. The Morgan fingerprint density at radius 2 is 1.72 bits per heavy atom. The summed E-state index contributed by atoms with van der Waals surface area (Å²) < 4.78 is 12.9. The van der Waals surface area contributed by atoms with Gasteiger partial charge in [-0.3, -0.25) is 19.3 Å². The molecule has 4 atom stereocenters. The molecule has 1 aliphatic heterocycles. The van der Waals surface area contributed by atoms with Gasteiger partial charge >= 0.3 is 0 Å². The summed E-state index contributed by atoms with van der Waals surface area (Å²) in [5.74, 6) is -0.451. The molecule has 1 aromatic rings. The summed E-state index contributed by atoms with van der Waals surface area (Å²) in [6.45, 7) is 2.95. The minimum atomic E-state index is -0.378. The summed E-state index contributed by atoms with van der Waals surface area (Å²) in [6, 6.07) is 5.48. The van der Waals surface area contributed by atoms with E-state index in [1.165, 1.54) is 29.2 Å². The van der Waals surface area contributed by atoms with Crippen molar-refractivity contribution < 1.29 is 18.8 Å². The molecule has 8 nitrogen and oxygen atoms in total. The van der Waals surface area contributed by atoms with Crippen molar-refractivity contribution in [2.75, 3.05) is 31.5 Å². The van der Waals surface area contributed by atoms with Crippen molar-refractivity contribution in [3.05, 3.63) is 42.2 Å². The Morgan fingerprint density at radius 3 is 2.31 bits per heavy atom. The summed E-state index contributed by atoms with van der Waals surface area (Å²) >= 11 is 0. The minimum absolute atomic E-state index is 0. The molecule has 2 aliphatic carbocycles. The number of benzene rings is 1. The molecule has 4 unspecified atom stereocenters. The smallest absolute Gasteiger partial charge is 0.246 e. The standard InChI is InChI=1S/C22H26FN5O3.HI/c1-2-24-22(26-12-17(29)27-16-7-5-15(23)6-8-16)25-9-10-28-20(30)18-13-3-4-14(11-13)19(18)21(28)31;/h3-8,13-14,18-19H,2,9-12H2,1H3,(H,27,29)(H2,24,25,26);1H. The highest BCUT2D eigenvalue weighted by Crippen LogP contribution is 2.52. The first-order valence-corrected chi connectivity index (χ1v) is 10.6. The van der Waals surface area contributed by atoms with Crippen LogP contribution in [0.4, 0.5) is 10.1 Å². The second-order valence-electron chi connectivity index (χ2n) is 8.01. The quantitative estimate of drug-likeness (QED) is 0.157. The van der Waals surface area contributed by atoms with Crippen molar-refractivity contribution >= 4 is 53.3 Å². The van der Waals surface area contributed by atoms with E-state index in [0.29, 0.717) is 24.7 Å². The van der Waals surface area contributed by atoms with Crippen LogP contribution in [-0.2, 0) is 14.4 Å². The Labute approximate surface area is 203 Å². The molecule has 0 radical (unpaired) electrons. The van der Waals surface area contributed by atoms with Gasteiger partial charge in [0.15, 0.2) is 5.96 Å². The molecule has 2 bridgehead atoms. The number of nitrogens with one attached hydrogen (secondary N) is 3. The fraction of sp³-hybridized carbons (Fsp3) is 0.455. The van der Waals surface area contributed by atoms with Gasteiger partial charge in [-0.1, -0.05) is 12.2 Å². The first-order valence-electron chi connectivity index (χ1n) is 10.6. The van der Waals surface area contributed by atoms with E-state index in [9.17, 15) is 18.8 Å². The van der Waals surface area contributed by atoms with Crippen LogP contribution in [0.5, 0.6) is 0 Å². The molecule has 4 rings (SSSR count). The van der Waals surface area contributed by atoms with Gasteiger partial charge < -0.3 is 16.0 Å². The molecule has 32 heavy (non-hydrogen) atoms. The topological polar surface area (TPSA) is 103 Å². The Kier molecular flexibility index (Phi) is 7.86. The van der Waals surface area contributed by atoms with Gasteiger partial charge in [-0.2, -0.15) is 0 Å². The predicted octanol–water partition coefficient (Wildman–Crippen LogP) is 1.74. The zero-order chi connectivity index (χ0) is 22.0. The zero-order valence-corrected chi connectivity index (χ0v) is 20.0. The molecule has 2 fully saturated rings. The maximum atomic E-state index is 12.9. The van der Waals surface area contributed by atoms with Crippen LogP contribution in [0.2, 0.25) is 0 Å². The zero-order valence-electron chi connectivity index (χ0n) is 17.7. The Balaban J connectivity index is 0.00000289. The lowest BCUT2D eigenvalue weighted by molar-refractivity contribution is -0.140. The molecule has 1 heterocycles. The highest BCUT2D eigenvalue weighted by atomic mass is 127. The first kappa shape index (κ1) is 24.1. The van der Waals surface area contributed by atoms with Crippen LogP contribution >= 0.6 is 24.0 Å². The third-order valence-electron chi connectivity index (χ3n) is 6.04. The monoisotopic (exact) mass is 555 g/mol. The third kappa shape index (κ3) is 4.94. The second kappa shape index (κ2) is 10.4. The molecule has 3 aliphatic rings. The number of carbonyl (C=O) groups is 3. The summed E-state index contributed by atoms with van der Waals surface area (Å²) in [4.78, 5) is 43.1. The SMILES string of the molecule is CCNC(=NCC(=O)Nc1ccc(F)cc1)NCCN1C(=O)C2C3C=CC(C3)C2C1=O.I. The number of anilines is 1. The molecule has 172 valence electrons. The van der Waals surface area contributed by atoms with E-state index in [0.717, 1.165) is 6.42 Å². The fourth-order valence-corrected chi connectivity index (χ4v) is 4.70. The number of rotatable bonds is 7. The van der Waals surface area contributed by atoms with Crippen LogP contribution in [0.25, 0.3) is 0 Å². The molecule has 3 N–H and O–H groups in total. The van der Waals surface area contributed by atoms with E-state index in [1.807, 2.05) is 6.92 Å². The van der Waals surface area contributed by atoms with Gasteiger partial charge in [0.1, 0.15) is 12.4 Å². The molecule has 10 heteroatoms. The number of guanidine groups is 1. The van der Waals surface area contributed by atoms with Gasteiger partial charge in [0.2, 0.25) is 17.7 Å². The van der Waals surface area contributed by atoms with Crippen LogP contribution in [0.1, 0.15) is 13.3 Å². The van der Waals surface area contributed by atoms with E-state index in [1.54, 1.807) is 0 Å². The lowest BCUT2D eigenvalue weighted by Gasteiger charge is -2.18. The number of fused-ring (bicyclic) bond motifs is 5. The minimum Gasteiger partial charge on any atom is -0.357 e. The number of amides is 3. The lowest BCUT2D eigenvalue weighted by Crippen LogP contribution is -2.44. The Hall–Kier alpha value is -2.50. The third-order valence-corrected chi connectivity index (χ3v) is 6.04. The van der Waals surface area contributed by atoms with Gasteiger partial charge in [0.05, 0.1) is 11.8 Å². The first-order chi connectivity index (χ1) is 15.0. The summed E-state index contributed by atoms with van der Waals surface area (Å²) in [6.07, 6.45) is 5.06. The van der Waals surface area contributed by atoms with Crippen LogP contribution in [0, 0.1) is 29.5 Å². The highest BCUT2D eigenvalue weighted by molar-refractivity contribution is 14.0. The second-order valence-corrected chi connectivity index (χ2v) is 8.01. The number of nitrogens with zero attached hydrogens (tertiary/aromatic N) is 2. The highest BCUT2D eigenvalue weighted by Gasteiger charge is 2.58. The van der Waals surface area contributed by atoms with Crippen LogP contribution in [0.3, 0.4) is 0 Å². The number of carbonyl (C=O) groups excluding carboxylic acids is 3. The number of allylic oxidation sites excluding steroid dienone is 2. The van der Waals surface area contributed by atoms with Gasteiger partial charge in [0, 0.05) is 25.3 Å². The molecule has 3 amide bonds. The van der Waals surface area contributed by atoms with E-state index < -0.39 is 0 Å². The van der Waals surface area contributed by atoms with Gasteiger partial charge in [0.25, 0.3) is 0 Å². The number of likely N-dealkylation sites (tertiary alicyclic amines) is 1. The predicted molar refractivity (Wildman–Crippen MR) is 129 cm³/mol. The normalized spacial score (nSPS) is 25.6. The number of imide groups is 1. The molecule has 1 saturated carbocycles. The number of hydrogen-bond donors (Lipinski definition) is 3. The van der Waals surface area contributed by atoms with E-state index in [-0.39, 0.29) is 84.3 Å². The molecule has 0 spiro atoms. The fourth-order valence-electron chi connectivity index (χ4n) is 4.70. The summed E-state index contributed by atoms with van der Waals surface area (Å²) in [5, 5.41) is 8.74. The van der Waals surface area contributed by atoms with Gasteiger partial charge in [-0.25, -0.2) is 9.38 Å². The molecule has 0 aromatic heterocycles.